The minimum atomic E-state index is -1.11. The summed E-state index contributed by atoms with van der Waals surface area (Å²) in [6.07, 6.45) is 0. The molecule has 2 aromatic rings. The zero-order valence-corrected chi connectivity index (χ0v) is 13.3. The van der Waals surface area contributed by atoms with Crippen molar-refractivity contribution in [3.05, 3.63) is 53.6 Å². The second kappa shape index (κ2) is 7.82. The van der Waals surface area contributed by atoms with Crippen LogP contribution in [0.25, 0.3) is 0 Å². The van der Waals surface area contributed by atoms with Gasteiger partial charge in [-0.3, -0.25) is 4.79 Å². The van der Waals surface area contributed by atoms with Crippen LogP contribution in [0.5, 0.6) is 5.75 Å². The van der Waals surface area contributed by atoms with Gasteiger partial charge in [0.15, 0.2) is 6.61 Å². The number of carboxylic acids is 1. The smallest absolute Gasteiger partial charge is 0.338 e. The largest absolute Gasteiger partial charge is 0.495 e. The van der Waals surface area contributed by atoms with Gasteiger partial charge in [0, 0.05) is 5.69 Å². The number of carbonyl (C=O) groups is 3. The van der Waals surface area contributed by atoms with Crippen LogP contribution in [0.1, 0.15) is 20.7 Å². The van der Waals surface area contributed by atoms with E-state index in [0.29, 0.717) is 5.75 Å². The van der Waals surface area contributed by atoms with E-state index in [0.717, 1.165) is 0 Å². The van der Waals surface area contributed by atoms with Gasteiger partial charge in [-0.15, -0.1) is 0 Å². The number of nitrogen functional groups attached to an aromatic ring is 1. The molecule has 0 fully saturated rings. The fourth-order valence-corrected chi connectivity index (χ4v) is 2.00. The van der Waals surface area contributed by atoms with E-state index in [-0.39, 0.29) is 22.5 Å². The highest BCUT2D eigenvalue weighted by Crippen LogP contribution is 2.22. The molecule has 8 nitrogen and oxygen atoms in total. The Morgan fingerprint density at radius 3 is 2.52 bits per heavy atom. The van der Waals surface area contributed by atoms with Crippen LogP contribution >= 0.6 is 0 Å². The fourth-order valence-electron chi connectivity index (χ4n) is 2.00. The summed E-state index contributed by atoms with van der Waals surface area (Å²) < 4.78 is 9.89. The summed E-state index contributed by atoms with van der Waals surface area (Å²) in [6.45, 7) is -0.526. The number of ether oxygens (including phenoxy) is 2. The van der Waals surface area contributed by atoms with Crippen molar-refractivity contribution in [1.82, 2.24) is 0 Å². The first-order valence-electron chi connectivity index (χ1n) is 7.14. The Morgan fingerprint density at radius 1 is 1.12 bits per heavy atom. The van der Waals surface area contributed by atoms with E-state index in [9.17, 15) is 14.4 Å². The molecule has 130 valence electrons. The number of amides is 1. The molecule has 25 heavy (non-hydrogen) atoms. The number of rotatable bonds is 6. The van der Waals surface area contributed by atoms with Crippen LogP contribution in [-0.2, 0) is 9.53 Å². The first kappa shape index (κ1) is 17.8. The van der Waals surface area contributed by atoms with Gasteiger partial charge in [0.2, 0.25) is 0 Å². The summed E-state index contributed by atoms with van der Waals surface area (Å²) in [5, 5.41) is 11.4. The van der Waals surface area contributed by atoms with E-state index in [4.69, 9.17) is 20.3 Å². The van der Waals surface area contributed by atoms with E-state index in [2.05, 4.69) is 5.32 Å². The first-order chi connectivity index (χ1) is 11.9. The molecule has 1 amide bonds. The normalized spacial score (nSPS) is 9.96. The van der Waals surface area contributed by atoms with Crippen LogP contribution in [0.2, 0.25) is 0 Å². The van der Waals surface area contributed by atoms with Gasteiger partial charge in [-0.1, -0.05) is 6.07 Å². The van der Waals surface area contributed by atoms with Gasteiger partial charge in [-0.2, -0.15) is 0 Å². The summed E-state index contributed by atoms with van der Waals surface area (Å²) in [7, 11) is 1.45. The number of carbonyl (C=O) groups excluding carboxylic acids is 2. The second-order valence-corrected chi connectivity index (χ2v) is 4.97. The third-order valence-corrected chi connectivity index (χ3v) is 3.19. The zero-order valence-electron chi connectivity index (χ0n) is 13.3. The van der Waals surface area contributed by atoms with Crippen LogP contribution in [-0.4, -0.2) is 36.7 Å². The molecule has 2 aromatic carbocycles. The van der Waals surface area contributed by atoms with Crippen molar-refractivity contribution < 1.29 is 29.0 Å². The lowest BCUT2D eigenvalue weighted by molar-refractivity contribution is -0.119. The van der Waals surface area contributed by atoms with Gasteiger partial charge in [-0.25, -0.2) is 9.59 Å². The van der Waals surface area contributed by atoms with Crippen molar-refractivity contribution in [2.75, 3.05) is 24.8 Å². The minimum absolute atomic E-state index is 0.0310. The number of anilines is 2. The average Bonchev–Trinajstić information content (AvgIpc) is 2.59. The van der Waals surface area contributed by atoms with Crippen LogP contribution in [0, 0.1) is 0 Å². The molecular weight excluding hydrogens is 328 g/mol. The number of carboxylic acid groups (broad SMARTS) is 1. The van der Waals surface area contributed by atoms with Gasteiger partial charge >= 0.3 is 11.9 Å². The number of nitrogens with one attached hydrogen (secondary N) is 1. The van der Waals surface area contributed by atoms with Crippen LogP contribution in [0.15, 0.2) is 42.5 Å². The maximum Gasteiger partial charge on any atom is 0.338 e. The molecule has 0 aromatic heterocycles. The molecule has 0 radical (unpaired) electrons. The van der Waals surface area contributed by atoms with Crippen molar-refractivity contribution in [3.63, 3.8) is 0 Å². The maximum atomic E-state index is 11.9. The monoisotopic (exact) mass is 344 g/mol. The standard InChI is InChI=1S/C17H16N2O6/c1-24-14-6-5-11(8-13(14)18)17(23)25-9-15(20)19-12-4-2-3-10(7-12)16(21)22/h2-8H,9,18H2,1H3,(H,19,20)(H,21,22). The summed E-state index contributed by atoms with van der Waals surface area (Å²) >= 11 is 0. The molecule has 0 spiro atoms. The van der Waals surface area contributed by atoms with Crippen molar-refractivity contribution in [2.24, 2.45) is 0 Å². The Balaban J connectivity index is 1.93. The molecule has 0 saturated heterocycles. The predicted molar refractivity (Wildman–Crippen MR) is 89.7 cm³/mol. The number of methoxy groups -OCH3 is 1. The van der Waals surface area contributed by atoms with Crippen LogP contribution < -0.4 is 15.8 Å². The number of nitrogens with two attached hydrogens (primary N) is 1. The SMILES string of the molecule is COc1ccc(C(=O)OCC(=O)Nc2cccc(C(=O)O)c2)cc1N. The fraction of sp³-hybridized carbons (Fsp3) is 0.118. The highest BCUT2D eigenvalue weighted by molar-refractivity contribution is 5.97. The third-order valence-electron chi connectivity index (χ3n) is 3.19. The summed E-state index contributed by atoms with van der Waals surface area (Å²) in [4.78, 5) is 34.6. The minimum Gasteiger partial charge on any atom is -0.495 e. The molecule has 0 atom stereocenters. The van der Waals surface area contributed by atoms with E-state index < -0.39 is 24.5 Å². The molecule has 0 heterocycles. The molecule has 4 N–H and O–H groups in total. The number of aromatic carboxylic acids is 1. The maximum absolute atomic E-state index is 11.9. The van der Waals surface area contributed by atoms with Gasteiger partial charge in [0.1, 0.15) is 5.75 Å². The molecule has 0 aliphatic carbocycles. The highest BCUT2D eigenvalue weighted by atomic mass is 16.5. The molecule has 0 aliphatic heterocycles. The quantitative estimate of drug-likeness (QED) is 0.538. The lowest BCUT2D eigenvalue weighted by atomic mass is 10.2. The Morgan fingerprint density at radius 2 is 1.88 bits per heavy atom. The Labute approximate surface area is 143 Å². The number of benzene rings is 2. The van der Waals surface area contributed by atoms with Crippen molar-refractivity contribution >= 4 is 29.2 Å². The molecule has 2 rings (SSSR count). The molecule has 0 aliphatic rings. The summed E-state index contributed by atoms with van der Waals surface area (Å²) in [6, 6.07) is 10.1. The van der Waals surface area contributed by atoms with E-state index >= 15 is 0 Å². The summed E-state index contributed by atoms with van der Waals surface area (Å²) in [5.74, 6) is -2.01. The van der Waals surface area contributed by atoms with Gasteiger partial charge in [0.25, 0.3) is 5.91 Å². The topological polar surface area (TPSA) is 128 Å². The van der Waals surface area contributed by atoms with Crippen LogP contribution in [0.3, 0.4) is 0 Å². The summed E-state index contributed by atoms with van der Waals surface area (Å²) in [5.41, 5.74) is 6.47. The number of hydrogen-bond acceptors (Lipinski definition) is 6. The zero-order chi connectivity index (χ0) is 18.4. The predicted octanol–water partition coefficient (Wildman–Crippen LogP) is 1.77. The lowest BCUT2D eigenvalue weighted by Gasteiger charge is -2.09. The van der Waals surface area contributed by atoms with Crippen molar-refractivity contribution in [2.45, 2.75) is 0 Å². The number of esters is 1. The van der Waals surface area contributed by atoms with E-state index in [1.807, 2.05) is 0 Å². The van der Waals surface area contributed by atoms with E-state index in [1.54, 1.807) is 0 Å². The Hall–Kier alpha value is -3.55. The van der Waals surface area contributed by atoms with Crippen molar-refractivity contribution in [1.29, 1.82) is 0 Å². The van der Waals surface area contributed by atoms with E-state index in [1.165, 1.54) is 49.6 Å². The molecule has 0 unspecified atom stereocenters. The molecule has 8 heteroatoms. The second-order valence-electron chi connectivity index (χ2n) is 4.97. The van der Waals surface area contributed by atoms with Gasteiger partial charge in [-0.05, 0) is 36.4 Å². The third kappa shape index (κ3) is 4.71. The first-order valence-corrected chi connectivity index (χ1v) is 7.14. The lowest BCUT2D eigenvalue weighted by Crippen LogP contribution is -2.21. The Kier molecular flexibility index (Phi) is 5.57. The average molecular weight is 344 g/mol. The van der Waals surface area contributed by atoms with Gasteiger partial charge < -0.3 is 25.6 Å². The molecule has 0 saturated carbocycles. The molecular formula is C17H16N2O6. The van der Waals surface area contributed by atoms with Gasteiger partial charge in [0.05, 0.1) is 23.9 Å². The molecule has 0 bridgehead atoms. The Bertz CT molecular complexity index is 819. The van der Waals surface area contributed by atoms with Crippen LogP contribution in [0.4, 0.5) is 11.4 Å². The van der Waals surface area contributed by atoms with Crippen molar-refractivity contribution in [3.8, 4) is 5.75 Å². The number of hydrogen-bond donors (Lipinski definition) is 3. The highest BCUT2D eigenvalue weighted by Gasteiger charge is 2.13.